The van der Waals surface area contributed by atoms with Crippen LogP contribution in [0.25, 0.3) is 0 Å². The van der Waals surface area contributed by atoms with E-state index in [1.54, 1.807) is 7.11 Å². The number of ether oxygens (including phenoxy) is 1. The summed E-state index contributed by atoms with van der Waals surface area (Å²) < 4.78 is 5.14. The normalized spacial score (nSPS) is 10.5. The largest absolute Gasteiger partial charge is 0.497 e. The van der Waals surface area contributed by atoms with Crippen LogP contribution in [0.5, 0.6) is 5.75 Å². The Labute approximate surface area is 114 Å². The Balaban J connectivity index is 2.33. The Hall–Kier alpha value is -1.59. The zero-order valence-electron chi connectivity index (χ0n) is 11.9. The van der Waals surface area contributed by atoms with Gasteiger partial charge < -0.3 is 15.4 Å². The second-order valence-corrected chi connectivity index (χ2v) is 4.47. The van der Waals surface area contributed by atoms with Crippen molar-refractivity contribution in [1.82, 2.24) is 15.5 Å². The van der Waals surface area contributed by atoms with E-state index in [4.69, 9.17) is 4.74 Å². The molecular formula is C14H23N3O2. The Morgan fingerprint density at radius 2 is 2.21 bits per heavy atom. The van der Waals surface area contributed by atoms with Gasteiger partial charge in [0, 0.05) is 19.6 Å². The highest BCUT2D eigenvalue weighted by atomic mass is 16.5. The first-order valence-corrected chi connectivity index (χ1v) is 6.38. The Morgan fingerprint density at radius 3 is 2.89 bits per heavy atom. The number of benzene rings is 1. The van der Waals surface area contributed by atoms with E-state index in [-0.39, 0.29) is 5.91 Å². The molecule has 0 unspecified atom stereocenters. The summed E-state index contributed by atoms with van der Waals surface area (Å²) in [5.41, 5.74) is 1.03. The van der Waals surface area contributed by atoms with Gasteiger partial charge in [0.05, 0.1) is 13.7 Å². The van der Waals surface area contributed by atoms with Crippen LogP contribution in [-0.2, 0) is 11.3 Å². The molecule has 0 aliphatic rings. The number of methoxy groups -OCH3 is 1. The molecule has 1 amide bonds. The summed E-state index contributed by atoms with van der Waals surface area (Å²) in [6.45, 7) is 2.66. The summed E-state index contributed by atoms with van der Waals surface area (Å²) >= 11 is 0. The number of carbonyl (C=O) groups is 1. The topological polar surface area (TPSA) is 53.6 Å². The highest BCUT2D eigenvalue weighted by Crippen LogP contribution is 2.11. The highest BCUT2D eigenvalue weighted by Gasteiger charge is 2.05. The maximum Gasteiger partial charge on any atom is 0.234 e. The summed E-state index contributed by atoms with van der Waals surface area (Å²) in [6, 6.07) is 7.69. The fraction of sp³-hybridized carbons (Fsp3) is 0.500. The van der Waals surface area contributed by atoms with Gasteiger partial charge in [-0.05, 0) is 31.8 Å². The first-order chi connectivity index (χ1) is 9.15. The molecule has 0 aliphatic carbocycles. The van der Waals surface area contributed by atoms with E-state index in [0.717, 1.165) is 24.4 Å². The number of likely N-dealkylation sites (N-methyl/N-ethyl adjacent to an activating group) is 2. The number of nitrogens with zero attached hydrogens (tertiary/aromatic N) is 1. The molecule has 0 aromatic heterocycles. The molecule has 0 saturated heterocycles. The number of carbonyl (C=O) groups excluding carboxylic acids is 1. The van der Waals surface area contributed by atoms with Crippen LogP contribution < -0.4 is 15.4 Å². The molecule has 0 fully saturated rings. The van der Waals surface area contributed by atoms with Crippen molar-refractivity contribution in [3.05, 3.63) is 29.8 Å². The molecule has 0 spiro atoms. The lowest BCUT2D eigenvalue weighted by atomic mass is 10.2. The number of hydrogen-bond acceptors (Lipinski definition) is 4. The third-order valence-electron chi connectivity index (χ3n) is 2.78. The molecule has 5 heteroatoms. The lowest BCUT2D eigenvalue weighted by molar-refractivity contribution is -0.122. The molecule has 0 bridgehead atoms. The average molecular weight is 265 g/mol. The fourth-order valence-corrected chi connectivity index (χ4v) is 1.67. The van der Waals surface area contributed by atoms with Gasteiger partial charge in [0.1, 0.15) is 5.75 Å². The SMILES string of the molecule is CNCCN(C)CC(=O)NCc1cccc(OC)c1. The number of amides is 1. The summed E-state index contributed by atoms with van der Waals surface area (Å²) in [7, 11) is 5.47. The summed E-state index contributed by atoms with van der Waals surface area (Å²) in [4.78, 5) is 13.7. The van der Waals surface area contributed by atoms with E-state index in [1.165, 1.54) is 0 Å². The van der Waals surface area contributed by atoms with Crippen molar-refractivity contribution in [2.45, 2.75) is 6.54 Å². The fourth-order valence-electron chi connectivity index (χ4n) is 1.67. The van der Waals surface area contributed by atoms with Crippen LogP contribution in [-0.4, -0.2) is 51.6 Å². The maximum atomic E-state index is 11.7. The smallest absolute Gasteiger partial charge is 0.234 e. The zero-order valence-corrected chi connectivity index (χ0v) is 11.9. The number of nitrogens with one attached hydrogen (secondary N) is 2. The van der Waals surface area contributed by atoms with Gasteiger partial charge in [-0.1, -0.05) is 12.1 Å². The van der Waals surface area contributed by atoms with Crippen molar-refractivity contribution in [1.29, 1.82) is 0 Å². The molecule has 0 aliphatic heterocycles. The van der Waals surface area contributed by atoms with E-state index in [0.29, 0.717) is 13.1 Å². The van der Waals surface area contributed by atoms with Crippen LogP contribution in [0.1, 0.15) is 5.56 Å². The van der Waals surface area contributed by atoms with Gasteiger partial charge in [-0.2, -0.15) is 0 Å². The molecule has 1 rings (SSSR count). The molecule has 106 valence electrons. The van der Waals surface area contributed by atoms with Crippen LogP contribution in [0, 0.1) is 0 Å². The molecule has 0 saturated carbocycles. The quantitative estimate of drug-likeness (QED) is 0.717. The van der Waals surface area contributed by atoms with Crippen LogP contribution in [0.15, 0.2) is 24.3 Å². The minimum absolute atomic E-state index is 0.0291. The molecule has 1 aromatic carbocycles. The molecule has 19 heavy (non-hydrogen) atoms. The van der Waals surface area contributed by atoms with Crippen LogP contribution >= 0.6 is 0 Å². The molecule has 1 aromatic rings. The Bertz CT molecular complexity index is 396. The van der Waals surface area contributed by atoms with Crippen LogP contribution in [0.2, 0.25) is 0 Å². The van der Waals surface area contributed by atoms with E-state index < -0.39 is 0 Å². The maximum absolute atomic E-state index is 11.7. The first-order valence-electron chi connectivity index (χ1n) is 6.38. The predicted molar refractivity (Wildman–Crippen MR) is 76.3 cm³/mol. The Kier molecular flexibility index (Phi) is 6.92. The minimum atomic E-state index is 0.0291. The van der Waals surface area contributed by atoms with Crippen LogP contribution in [0.4, 0.5) is 0 Å². The molecule has 0 heterocycles. The lowest BCUT2D eigenvalue weighted by Crippen LogP contribution is -2.37. The van der Waals surface area contributed by atoms with Crippen molar-refractivity contribution in [3.63, 3.8) is 0 Å². The van der Waals surface area contributed by atoms with E-state index in [2.05, 4.69) is 10.6 Å². The van der Waals surface area contributed by atoms with E-state index in [9.17, 15) is 4.79 Å². The van der Waals surface area contributed by atoms with E-state index in [1.807, 2.05) is 43.3 Å². The third kappa shape index (κ3) is 6.22. The Morgan fingerprint density at radius 1 is 1.42 bits per heavy atom. The number of hydrogen-bond donors (Lipinski definition) is 2. The summed E-state index contributed by atoms with van der Waals surface area (Å²) in [5, 5.41) is 5.96. The zero-order chi connectivity index (χ0) is 14.1. The van der Waals surface area contributed by atoms with Gasteiger partial charge in [0.15, 0.2) is 0 Å². The van der Waals surface area contributed by atoms with Crippen molar-refractivity contribution < 1.29 is 9.53 Å². The van der Waals surface area contributed by atoms with Crippen molar-refractivity contribution in [2.24, 2.45) is 0 Å². The molecule has 0 atom stereocenters. The second-order valence-electron chi connectivity index (χ2n) is 4.47. The van der Waals surface area contributed by atoms with Gasteiger partial charge in [-0.25, -0.2) is 0 Å². The van der Waals surface area contributed by atoms with Gasteiger partial charge in [-0.15, -0.1) is 0 Å². The minimum Gasteiger partial charge on any atom is -0.497 e. The summed E-state index contributed by atoms with van der Waals surface area (Å²) in [6.07, 6.45) is 0. The van der Waals surface area contributed by atoms with Crippen molar-refractivity contribution in [3.8, 4) is 5.75 Å². The van der Waals surface area contributed by atoms with Gasteiger partial charge >= 0.3 is 0 Å². The first kappa shape index (κ1) is 15.5. The molecular weight excluding hydrogens is 242 g/mol. The average Bonchev–Trinajstić information content (AvgIpc) is 2.43. The van der Waals surface area contributed by atoms with Gasteiger partial charge in [0.25, 0.3) is 0 Å². The van der Waals surface area contributed by atoms with Crippen molar-refractivity contribution in [2.75, 3.05) is 40.8 Å². The van der Waals surface area contributed by atoms with Crippen LogP contribution in [0.3, 0.4) is 0 Å². The molecule has 2 N–H and O–H groups in total. The lowest BCUT2D eigenvalue weighted by Gasteiger charge is -2.15. The van der Waals surface area contributed by atoms with Gasteiger partial charge in [-0.3, -0.25) is 9.69 Å². The van der Waals surface area contributed by atoms with Gasteiger partial charge in [0.2, 0.25) is 5.91 Å². The molecule has 0 radical (unpaired) electrons. The standard InChI is InChI=1S/C14H23N3O2/c1-15-7-8-17(2)11-14(18)16-10-12-5-4-6-13(9-12)19-3/h4-6,9,15H,7-8,10-11H2,1-3H3,(H,16,18). The third-order valence-corrected chi connectivity index (χ3v) is 2.78. The molecule has 5 nitrogen and oxygen atoms in total. The van der Waals surface area contributed by atoms with Crippen molar-refractivity contribution >= 4 is 5.91 Å². The van der Waals surface area contributed by atoms with E-state index >= 15 is 0 Å². The summed E-state index contributed by atoms with van der Waals surface area (Å²) in [5.74, 6) is 0.833. The monoisotopic (exact) mass is 265 g/mol. The predicted octanol–water partition coefficient (Wildman–Crippen LogP) is 0.463. The highest BCUT2D eigenvalue weighted by molar-refractivity contribution is 5.77. The number of rotatable bonds is 8. The second kappa shape index (κ2) is 8.50.